The van der Waals surface area contributed by atoms with Gasteiger partial charge in [-0.2, -0.15) is 0 Å². The first kappa shape index (κ1) is 24.3. The Kier molecular flexibility index (Phi) is 7.25. The summed E-state index contributed by atoms with van der Waals surface area (Å²) < 4.78 is 22.9. The molecule has 1 aromatic heterocycles. The third-order valence-electron chi connectivity index (χ3n) is 6.68. The van der Waals surface area contributed by atoms with Crippen molar-refractivity contribution in [1.82, 2.24) is 9.80 Å². The summed E-state index contributed by atoms with van der Waals surface area (Å²) in [5.41, 5.74) is 1.41. The third-order valence-corrected chi connectivity index (χ3v) is 6.68. The van der Waals surface area contributed by atoms with E-state index in [9.17, 15) is 9.59 Å². The number of carbonyl (C=O) groups is 1. The fourth-order valence-electron chi connectivity index (χ4n) is 4.87. The summed E-state index contributed by atoms with van der Waals surface area (Å²) in [6, 6.07) is 12.3. The number of ether oxygens (including phenoxy) is 3. The first-order valence-corrected chi connectivity index (χ1v) is 12.7. The zero-order valence-electron chi connectivity index (χ0n) is 20.8. The maximum Gasteiger partial charge on any atom is 0.290 e. The van der Waals surface area contributed by atoms with Gasteiger partial charge in [0.1, 0.15) is 17.1 Å². The second-order valence-corrected chi connectivity index (χ2v) is 9.04. The summed E-state index contributed by atoms with van der Waals surface area (Å²) in [5, 5.41) is 0.438. The van der Waals surface area contributed by atoms with Crippen LogP contribution in [0, 0.1) is 0 Å². The monoisotopic (exact) mass is 492 g/mol. The predicted octanol–water partition coefficient (Wildman–Crippen LogP) is 3.86. The standard InChI is InChI=1S/C28H32N2O6/c1-3-15-35-20-7-5-19(6-8-20)25-24-26(31)22-10-9-21(34-4-2)18-23(22)36-27(24)28(32)30(25)12-11-29-13-16-33-17-14-29/h5-10,18,25H,3-4,11-17H2,1-2H3. The topological polar surface area (TPSA) is 81.5 Å². The molecule has 1 saturated heterocycles. The Hall–Kier alpha value is -3.36. The number of benzene rings is 2. The Bertz CT molecular complexity index is 1280. The van der Waals surface area contributed by atoms with Gasteiger partial charge in [0.05, 0.1) is 43.4 Å². The van der Waals surface area contributed by atoms with Crippen LogP contribution in [0.3, 0.4) is 0 Å². The quantitative estimate of drug-likeness (QED) is 0.449. The maximum atomic E-state index is 13.7. The van der Waals surface area contributed by atoms with E-state index in [2.05, 4.69) is 11.8 Å². The number of hydrogen-bond acceptors (Lipinski definition) is 7. The van der Waals surface area contributed by atoms with Gasteiger partial charge in [-0.3, -0.25) is 14.5 Å². The summed E-state index contributed by atoms with van der Waals surface area (Å²) in [4.78, 5) is 31.4. The minimum Gasteiger partial charge on any atom is -0.494 e. The zero-order chi connectivity index (χ0) is 25.1. The smallest absolute Gasteiger partial charge is 0.290 e. The lowest BCUT2D eigenvalue weighted by Crippen LogP contribution is -2.42. The fourth-order valence-corrected chi connectivity index (χ4v) is 4.87. The van der Waals surface area contributed by atoms with Crippen molar-refractivity contribution in [2.45, 2.75) is 26.3 Å². The van der Waals surface area contributed by atoms with Gasteiger partial charge >= 0.3 is 0 Å². The van der Waals surface area contributed by atoms with Crippen molar-refractivity contribution < 1.29 is 23.4 Å². The molecule has 0 bridgehead atoms. The summed E-state index contributed by atoms with van der Waals surface area (Å²) in [7, 11) is 0. The molecule has 0 N–H and O–H groups in total. The number of amides is 1. The van der Waals surface area contributed by atoms with Crippen molar-refractivity contribution in [2.75, 3.05) is 52.6 Å². The molecule has 1 amide bonds. The molecule has 2 aromatic carbocycles. The molecular formula is C28H32N2O6. The molecule has 0 saturated carbocycles. The lowest BCUT2D eigenvalue weighted by molar-refractivity contribution is 0.0314. The van der Waals surface area contributed by atoms with Crippen LogP contribution in [-0.2, 0) is 4.74 Å². The lowest BCUT2D eigenvalue weighted by atomic mass is 9.98. The van der Waals surface area contributed by atoms with Crippen LogP contribution < -0.4 is 14.9 Å². The van der Waals surface area contributed by atoms with Crippen LogP contribution in [0.25, 0.3) is 11.0 Å². The van der Waals surface area contributed by atoms with Gasteiger partial charge in [0.2, 0.25) is 5.76 Å². The number of carbonyl (C=O) groups excluding carboxylic acids is 1. The SMILES string of the molecule is CCCOc1ccc(C2c3c(oc4cc(OCC)ccc4c3=O)C(=O)N2CCN2CCOCC2)cc1. The molecule has 0 radical (unpaired) electrons. The van der Waals surface area contributed by atoms with Crippen LogP contribution >= 0.6 is 0 Å². The summed E-state index contributed by atoms with van der Waals surface area (Å²) in [6.07, 6.45) is 0.917. The molecule has 3 heterocycles. The van der Waals surface area contributed by atoms with Crippen LogP contribution in [-0.4, -0.2) is 68.3 Å². The van der Waals surface area contributed by atoms with E-state index in [1.54, 1.807) is 23.1 Å². The second kappa shape index (κ2) is 10.7. The van der Waals surface area contributed by atoms with E-state index in [1.165, 1.54) is 0 Å². The number of morpholine rings is 1. The van der Waals surface area contributed by atoms with Crippen LogP contribution in [0.4, 0.5) is 0 Å². The predicted molar refractivity (Wildman–Crippen MR) is 136 cm³/mol. The van der Waals surface area contributed by atoms with Gasteiger partial charge in [0.15, 0.2) is 5.43 Å². The van der Waals surface area contributed by atoms with E-state index < -0.39 is 6.04 Å². The van der Waals surface area contributed by atoms with Crippen molar-refractivity contribution in [3.8, 4) is 11.5 Å². The highest BCUT2D eigenvalue weighted by molar-refractivity contribution is 5.99. The first-order valence-electron chi connectivity index (χ1n) is 12.7. The largest absolute Gasteiger partial charge is 0.494 e. The van der Waals surface area contributed by atoms with Crippen molar-refractivity contribution >= 4 is 16.9 Å². The molecule has 0 aliphatic carbocycles. The molecule has 1 fully saturated rings. The number of hydrogen-bond donors (Lipinski definition) is 0. The number of nitrogens with zero attached hydrogens (tertiary/aromatic N) is 2. The van der Waals surface area contributed by atoms with Crippen molar-refractivity contribution in [2.24, 2.45) is 0 Å². The summed E-state index contributed by atoms with van der Waals surface area (Å²) in [6.45, 7) is 9.26. The van der Waals surface area contributed by atoms with Gasteiger partial charge in [-0.25, -0.2) is 0 Å². The fraction of sp³-hybridized carbons (Fsp3) is 0.429. The molecule has 8 nitrogen and oxygen atoms in total. The number of rotatable bonds is 9. The van der Waals surface area contributed by atoms with E-state index in [1.807, 2.05) is 31.2 Å². The van der Waals surface area contributed by atoms with E-state index in [0.29, 0.717) is 61.8 Å². The molecule has 190 valence electrons. The van der Waals surface area contributed by atoms with Crippen LogP contribution in [0.1, 0.15) is 48.0 Å². The first-order chi connectivity index (χ1) is 17.6. The van der Waals surface area contributed by atoms with Crippen LogP contribution in [0.5, 0.6) is 11.5 Å². The molecule has 3 aromatic rings. The van der Waals surface area contributed by atoms with Crippen molar-refractivity contribution in [3.63, 3.8) is 0 Å². The van der Waals surface area contributed by atoms with Crippen LogP contribution in [0.2, 0.25) is 0 Å². The van der Waals surface area contributed by atoms with E-state index in [-0.39, 0.29) is 17.1 Å². The zero-order valence-corrected chi connectivity index (χ0v) is 20.8. The Balaban J connectivity index is 1.55. The van der Waals surface area contributed by atoms with Crippen LogP contribution in [0.15, 0.2) is 51.7 Å². The lowest BCUT2D eigenvalue weighted by Gasteiger charge is -2.31. The highest BCUT2D eigenvalue weighted by Gasteiger charge is 2.42. The number of fused-ring (bicyclic) bond motifs is 2. The molecule has 2 aliphatic heterocycles. The van der Waals surface area contributed by atoms with E-state index in [0.717, 1.165) is 30.8 Å². The Morgan fingerprint density at radius 1 is 0.944 bits per heavy atom. The van der Waals surface area contributed by atoms with Gasteiger partial charge in [0.25, 0.3) is 5.91 Å². The van der Waals surface area contributed by atoms with Crippen molar-refractivity contribution in [3.05, 3.63) is 69.6 Å². The highest BCUT2D eigenvalue weighted by Crippen LogP contribution is 2.39. The maximum absolute atomic E-state index is 13.7. The molecule has 1 unspecified atom stereocenters. The Labute approximate surface area is 210 Å². The third kappa shape index (κ3) is 4.70. The molecular weight excluding hydrogens is 460 g/mol. The molecule has 0 spiro atoms. The normalized spacial score (nSPS) is 18.0. The molecule has 1 atom stereocenters. The Morgan fingerprint density at radius 3 is 2.42 bits per heavy atom. The van der Waals surface area contributed by atoms with E-state index >= 15 is 0 Å². The summed E-state index contributed by atoms with van der Waals surface area (Å²) in [5.74, 6) is 1.20. The van der Waals surface area contributed by atoms with Gasteiger partial charge in [-0.1, -0.05) is 19.1 Å². The van der Waals surface area contributed by atoms with Gasteiger partial charge in [-0.15, -0.1) is 0 Å². The van der Waals surface area contributed by atoms with Gasteiger partial charge in [-0.05, 0) is 43.2 Å². The molecule has 5 rings (SSSR count). The average molecular weight is 493 g/mol. The Morgan fingerprint density at radius 2 is 1.69 bits per heavy atom. The van der Waals surface area contributed by atoms with Crippen molar-refractivity contribution in [1.29, 1.82) is 0 Å². The van der Waals surface area contributed by atoms with Gasteiger partial charge < -0.3 is 23.5 Å². The molecule has 36 heavy (non-hydrogen) atoms. The average Bonchev–Trinajstić information content (AvgIpc) is 3.19. The molecule has 2 aliphatic rings. The molecule has 8 heteroatoms. The van der Waals surface area contributed by atoms with E-state index in [4.69, 9.17) is 18.6 Å². The second-order valence-electron chi connectivity index (χ2n) is 9.04. The summed E-state index contributed by atoms with van der Waals surface area (Å²) >= 11 is 0. The minimum absolute atomic E-state index is 0.111. The minimum atomic E-state index is -0.527. The van der Waals surface area contributed by atoms with Gasteiger partial charge in [0, 0.05) is 32.2 Å². The highest BCUT2D eigenvalue weighted by atomic mass is 16.5.